The van der Waals surface area contributed by atoms with Gasteiger partial charge in [-0.3, -0.25) is 0 Å². The van der Waals surface area contributed by atoms with Crippen molar-refractivity contribution in [3.05, 3.63) is 45.1 Å². The van der Waals surface area contributed by atoms with Crippen LogP contribution in [-0.2, 0) is 6.54 Å². The summed E-state index contributed by atoms with van der Waals surface area (Å²) >= 11 is 7.21. The Morgan fingerprint density at radius 2 is 2.06 bits per heavy atom. The second-order valence-corrected chi connectivity index (χ2v) is 5.51. The second-order valence-electron chi connectivity index (χ2n) is 3.71. The molecule has 0 saturated carbocycles. The predicted octanol–water partition coefficient (Wildman–Crippen LogP) is 4.53. The molecule has 0 aliphatic rings. The highest BCUT2D eigenvalue weighted by Crippen LogP contribution is 2.30. The molecule has 0 radical (unpaired) electrons. The Labute approximate surface area is 112 Å². The zero-order valence-electron chi connectivity index (χ0n) is 9.29. The largest absolute Gasteiger partial charge is 0.399 e. The minimum atomic E-state index is -2.55. The molecule has 1 heterocycles. The van der Waals surface area contributed by atoms with Crippen LogP contribution in [0.1, 0.15) is 16.9 Å². The minimum Gasteiger partial charge on any atom is -0.399 e. The number of nitrogen functional groups attached to an aromatic ring is 1. The maximum absolute atomic E-state index is 12.8. The average molecular weight is 289 g/mol. The van der Waals surface area contributed by atoms with E-state index >= 15 is 0 Å². The van der Waals surface area contributed by atoms with E-state index in [1.54, 1.807) is 18.2 Å². The standard InChI is InChI=1S/C12H11ClF2N2S/c13-11-4-2-8(18-11)6-17-10-3-1-7(16)5-9(10)12(14)15/h1-5,12,17H,6,16H2. The molecule has 18 heavy (non-hydrogen) atoms. The van der Waals surface area contributed by atoms with E-state index in [1.165, 1.54) is 17.4 Å². The predicted molar refractivity (Wildman–Crippen MR) is 72.5 cm³/mol. The van der Waals surface area contributed by atoms with Crippen molar-refractivity contribution in [3.63, 3.8) is 0 Å². The number of rotatable bonds is 4. The maximum atomic E-state index is 12.8. The number of anilines is 2. The lowest BCUT2D eigenvalue weighted by atomic mass is 10.1. The fraction of sp³-hybridized carbons (Fsp3) is 0.167. The first kappa shape index (κ1) is 13.1. The molecule has 0 aliphatic carbocycles. The van der Waals surface area contributed by atoms with Gasteiger partial charge in [0.15, 0.2) is 0 Å². The van der Waals surface area contributed by atoms with Crippen molar-refractivity contribution in [3.8, 4) is 0 Å². The number of nitrogens with two attached hydrogens (primary N) is 1. The molecule has 1 aromatic carbocycles. The topological polar surface area (TPSA) is 38.0 Å². The third-order valence-corrected chi connectivity index (χ3v) is 3.62. The van der Waals surface area contributed by atoms with Gasteiger partial charge in [-0.05, 0) is 30.3 Å². The van der Waals surface area contributed by atoms with Crippen LogP contribution in [0.3, 0.4) is 0 Å². The molecule has 2 nitrogen and oxygen atoms in total. The summed E-state index contributed by atoms with van der Waals surface area (Å²) in [6.07, 6.45) is -2.55. The molecule has 96 valence electrons. The van der Waals surface area contributed by atoms with Crippen LogP contribution in [0.15, 0.2) is 30.3 Å². The molecule has 0 atom stereocenters. The number of hydrogen-bond donors (Lipinski definition) is 2. The Bertz CT molecular complexity index is 543. The molecule has 2 rings (SSSR count). The molecule has 0 aliphatic heterocycles. The molecule has 0 spiro atoms. The number of benzene rings is 1. The number of nitrogens with one attached hydrogen (secondary N) is 1. The fourth-order valence-corrected chi connectivity index (χ4v) is 2.58. The van der Waals surface area contributed by atoms with Gasteiger partial charge in [-0.2, -0.15) is 0 Å². The van der Waals surface area contributed by atoms with Crippen molar-refractivity contribution in [1.29, 1.82) is 0 Å². The molecule has 1 aromatic heterocycles. The van der Waals surface area contributed by atoms with E-state index in [0.29, 0.717) is 22.3 Å². The summed E-state index contributed by atoms with van der Waals surface area (Å²) in [5.74, 6) is 0. The second kappa shape index (κ2) is 5.54. The van der Waals surface area contributed by atoms with Crippen LogP contribution >= 0.6 is 22.9 Å². The van der Waals surface area contributed by atoms with E-state index in [0.717, 1.165) is 4.88 Å². The SMILES string of the molecule is Nc1ccc(NCc2ccc(Cl)s2)c(C(F)F)c1. The van der Waals surface area contributed by atoms with Crippen LogP contribution in [0, 0.1) is 0 Å². The summed E-state index contributed by atoms with van der Waals surface area (Å²) in [5.41, 5.74) is 6.13. The summed E-state index contributed by atoms with van der Waals surface area (Å²) < 4.78 is 26.3. The zero-order chi connectivity index (χ0) is 13.1. The Balaban J connectivity index is 2.13. The molecule has 0 saturated heterocycles. The Morgan fingerprint density at radius 1 is 1.28 bits per heavy atom. The van der Waals surface area contributed by atoms with Gasteiger partial charge >= 0.3 is 0 Å². The van der Waals surface area contributed by atoms with Gasteiger partial charge in [0, 0.05) is 28.4 Å². The van der Waals surface area contributed by atoms with Gasteiger partial charge in [0.2, 0.25) is 0 Å². The summed E-state index contributed by atoms with van der Waals surface area (Å²) in [6.45, 7) is 0.459. The first-order valence-electron chi connectivity index (χ1n) is 5.22. The Kier molecular flexibility index (Phi) is 4.04. The number of hydrogen-bond acceptors (Lipinski definition) is 3. The van der Waals surface area contributed by atoms with Gasteiger partial charge in [0.1, 0.15) is 0 Å². The van der Waals surface area contributed by atoms with Gasteiger partial charge < -0.3 is 11.1 Å². The van der Waals surface area contributed by atoms with Crippen molar-refractivity contribution in [1.82, 2.24) is 0 Å². The summed E-state index contributed by atoms with van der Waals surface area (Å²) in [7, 11) is 0. The van der Waals surface area contributed by atoms with E-state index in [1.807, 2.05) is 6.07 Å². The van der Waals surface area contributed by atoms with E-state index in [-0.39, 0.29) is 5.56 Å². The molecular weight excluding hydrogens is 278 g/mol. The van der Waals surface area contributed by atoms with Crippen LogP contribution in [0.25, 0.3) is 0 Å². The molecule has 2 aromatic rings. The van der Waals surface area contributed by atoms with Crippen LogP contribution in [0.5, 0.6) is 0 Å². The quantitative estimate of drug-likeness (QED) is 0.811. The van der Waals surface area contributed by atoms with Crippen molar-refractivity contribution >= 4 is 34.3 Å². The monoisotopic (exact) mass is 288 g/mol. The van der Waals surface area contributed by atoms with Gasteiger partial charge in [-0.1, -0.05) is 11.6 Å². The molecule has 0 amide bonds. The van der Waals surface area contributed by atoms with Crippen molar-refractivity contribution < 1.29 is 8.78 Å². The fourth-order valence-electron chi connectivity index (χ4n) is 1.55. The average Bonchev–Trinajstić information content (AvgIpc) is 2.73. The van der Waals surface area contributed by atoms with Crippen LogP contribution in [0.4, 0.5) is 20.2 Å². The Morgan fingerprint density at radius 3 is 2.67 bits per heavy atom. The normalized spacial score (nSPS) is 10.9. The number of halogens is 3. The summed E-state index contributed by atoms with van der Waals surface area (Å²) in [4.78, 5) is 0.983. The van der Waals surface area contributed by atoms with Crippen LogP contribution in [0.2, 0.25) is 4.34 Å². The highest BCUT2D eigenvalue weighted by Gasteiger charge is 2.13. The number of thiophene rings is 1. The van der Waals surface area contributed by atoms with E-state index < -0.39 is 6.43 Å². The lowest BCUT2D eigenvalue weighted by Crippen LogP contribution is -2.02. The first-order chi connectivity index (χ1) is 8.56. The smallest absolute Gasteiger partial charge is 0.265 e. The summed E-state index contributed by atoms with van der Waals surface area (Å²) in [5, 5.41) is 2.97. The highest BCUT2D eigenvalue weighted by atomic mass is 35.5. The maximum Gasteiger partial charge on any atom is 0.265 e. The molecule has 0 fully saturated rings. The highest BCUT2D eigenvalue weighted by molar-refractivity contribution is 7.16. The van der Waals surface area contributed by atoms with Gasteiger partial charge in [0.05, 0.1) is 4.34 Å². The van der Waals surface area contributed by atoms with Crippen molar-refractivity contribution in [2.45, 2.75) is 13.0 Å². The van der Waals surface area contributed by atoms with Crippen molar-refractivity contribution in [2.24, 2.45) is 0 Å². The van der Waals surface area contributed by atoms with Crippen molar-refractivity contribution in [2.75, 3.05) is 11.1 Å². The van der Waals surface area contributed by atoms with Gasteiger partial charge in [-0.25, -0.2) is 8.78 Å². The van der Waals surface area contributed by atoms with Crippen LogP contribution in [-0.4, -0.2) is 0 Å². The Hall–Kier alpha value is -1.33. The number of alkyl halides is 2. The first-order valence-corrected chi connectivity index (χ1v) is 6.41. The third kappa shape index (κ3) is 3.11. The van der Waals surface area contributed by atoms with Gasteiger partial charge in [-0.15, -0.1) is 11.3 Å². The van der Waals surface area contributed by atoms with Crippen LogP contribution < -0.4 is 11.1 Å². The minimum absolute atomic E-state index is 0.0855. The van der Waals surface area contributed by atoms with E-state index in [2.05, 4.69) is 5.32 Å². The zero-order valence-corrected chi connectivity index (χ0v) is 10.9. The molecule has 3 N–H and O–H groups in total. The molecule has 0 unspecified atom stereocenters. The molecular formula is C12H11ClF2N2S. The molecule has 6 heteroatoms. The third-order valence-electron chi connectivity index (χ3n) is 2.39. The lowest BCUT2D eigenvalue weighted by Gasteiger charge is -2.11. The molecule has 0 bridgehead atoms. The lowest BCUT2D eigenvalue weighted by molar-refractivity contribution is 0.152. The van der Waals surface area contributed by atoms with Gasteiger partial charge in [0.25, 0.3) is 6.43 Å². The van der Waals surface area contributed by atoms with E-state index in [4.69, 9.17) is 17.3 Å². The summed E-state index contributed by atoms with van der Waals surface area (Å²) in [6, 6.07) is 8.08. The van der Waals surface area contributed by atoms with E-state index in [9.17, 15) is 8.78 Å².